The predicted molar refractivity (Wildman–Crippen MR) is 78.8 cm³/mol. The first-order valence-electron chi connectivity index (χ1n) is 6.23. The van der Waals surface area contributed by atoms with Crippen molar-refractivity contribution in [2.75, 3.05) is 13.6 Å². The SMILES string of the molecule is CNC(C)CNC(=O)C1CCCc2sccc21.Cl. The van der Waals surface area contributed by atoms with Crippen LogP contribution in [0.2, 0.25) is 0 Å². The molecule has 0 fully saturated rings. The van der Waals surface area contributed by atoms with Crippen LogP contribution in [0.15, 0.2) is 11.4 Å². The molecule has 2 atom stereocenters. The smallest absolute Gasteiger partial charge is 0.227 e. The van der Waals surface area contributed by atoms with Gasteiger partial charge in [0.2, 0.25) is 5.91 Å². The van der Waals surface area contributed by atoms with Crippen LogP contribution in [-0.2, 0) is 11.2 Å². The Bertz CT molecular complexity index is 394. The van der Waals surface area contributed by atoms with Crippen molar-refractivity contribution in [1.29, 1.82) is 0 Å². The van der Waals surface area contributed by atoms with Crippen molar-refractivity contribution < 1.29 is 4.79 Å². The summed E-state index contributed by atoms with van der Waals surface area (Å²) in [5, 5.41) is 8.27. The van der Waals surface area contributed by atoms with E-state index in [9.17, 15) is 4.79 Å². The van der Waals surface area contributed by atoms with Gasteiger partial charge in [-0.3, -0.25) is 4.79 Å². The molecule has 2 unspecified atom stereocenters. The van der Waals surface area contributed by atoms with Gasteiger partial charge in [0.15, 0.2) is 0 Å². The minimum atomic E-state index is 0. The normalized spacial score (nSPS) is 19.6. The van der Waals surface area contributed by atoms with Crippen LogP contribution in [-0.4, -0.2) is 25.5 Å². The maximum Gasteiger partial charge on any atom is 0.227 e. The molecule has 1 heterocycles. The number of fused-ring (bicyclic) bond motifs is 1. The quantitative estimate of drug-likeness (QED) is 0.893. The number of likely N-dealkylation sites (N-methyl/N-ethyl adjacent to an activating group) is 1. The summed E-state index contributed by atoms with van der Waals surface area (Å²) in [4.78, 5) is 13.5. The van der Waals surface area contributed by atoms with Crippen LogP contribution < -0.4 is 10.6 Å². The van der Waals surface area contributed by atoms with E-state index in [4.69, 9.17) is 0 Å². The highest BCUT2D eigenvalue weighted by Gasteiger charge is 2.27. The van der Waals surface area contributed by atoms with E-state index in [1.54, 1.807) is 11.3 Å². The number of nitrogens with one attached hydrogen (secondary N) is 2. The number of hydrogen-bond donors (Lipinski definition) is 2. The monoisotopic (exact) mass is 288 g/mol. The maximum atomic E-state index is 12.1. The van der Waals surface area contributed by atoms with E-state index in [1.165, 1.54) is 10.4 Å². The molecule has 2 N–H and O–H groups in total. The molecule has 1 aromatic rings. The zero-order valence-electron chi connectivity index (χ0n) is 10.9. The number of amides is 1. The molecule has 0 saturated carbocycles. The van der Waals surface area contributed by atoms with Gasteiger partial charge in [0.05, 0.1) is 5.92 Å². The predicted octanol–water partition coefficient (Wildman–Crippen LogP) is 2.31. The lowest BCUT2D eigenvalue weighted by Crippen LogP contribution is -2.39. The standard InChI is InChI=1S/C13H20N2OS.ClH/c1-9(14-2)8-15-13(16)11-4-3-5-12-10(11)6-7-17-12;/h6-7,9,11,14H,3-5,8H2,1-2H3,(H,15,16);1H. The molecule has 0 aromatic carbocycles. The third kappa shape index (κ3) is 3.46. The molecule has 1 aliphatic rings. The number of aryl methyl sites for hydroxylation is 1. The number of carbonyl (C=O) groups is 1. The van der Waals surface area contributed by atoms with Crippen molar-refractivity contribution in [1.82, 2.24) is 10.6 Å². The van der Waals surface area contributed by atoms with E-state index in [0.29, 0.717) is 12.6 Å². The first-order valence-corrected chi connectivity index (χ1v) is 7.11. The molecule has 5 heteroatoms. The average Bonchev–Trinajstić information content (AvgIpc) is 2.83. The van der Waals surface area contributed by atoms with Crippen molar-refractivity contribution in [3.05, 3.63) is 21.9 Å². The minimum absolute atomic E-state index is 0. The van der Waals surface area contributed by atoms with Crippen LogP contribution in [0.4, 0.5) is 0 Å². The van der Waals surface area contributed by atoms with E-state index in [-0.39, 0.29) is 24.2 Å². The number of halogens is 1. The third-order valence-corrected chi connectivity index (χ3v) is 4.44. The van der Waals surface area contributed by atoms with Gasteiger partial charge in [-0.25, -0.2) is 0 Å². The Morgan fingerprint density at radius 1 is 1.61 bits per heavy atom. The van der Waals surface area contributed by atoms with Crippen LogP contribution in [0.1, 0.15) is 36.1 Å². The number of thiophene rings is 1. The van der Waals surface area contributed by atoms with Gasteiger partial charge >= 0.3 is 0 Å². The van der Waals surface area contributed by atoms with Crippen molar-refractivity contribution >= 4 is 29.7 Å². The summed E-state index contributed by atoms with van der Waals surface area (Å²) in [6.45, 7) is 2.77. The molecular formula is C13H21ClN2OS. The Hall–Kier alpha value is -0.580. The van der Waals surface area contributed by atoms with Gasteiger partial charge in [-0.05, 0) is 50.2 Å². The van der Waals surface area contributed by atoms with Gasteiger partial charge in [0.1, 0.15) is 0 Å². The van der Waals surface area contributed by atoms with Crippen molar-refractivity contribution in [2.45, 2.75) is 38.1 Å². The average molecular weight is 289 g/mol. The number of hydrogen-bond acceptors (Lipinski definition) is 3. The molecule has 102 valence electrons. The zero-order valence-corrected chi connectivity index (χ0v) is 12.5. The second-order valence-electron chi connectivity index (χ2n) is 4.68. The molecular weight excluding hydrogens is 268 g/mol. The lowest BCUT2D eigenvalue weighted by molar-refractivity contribution is -0.122. The van der Waals surface area contributed by atoms with Crippen LogP contribution in [0.25, 0.3) is 0 Å². The summed E-state index contributed by atoms with van der Waals surface area (Å²) >= 11 is 1.78. The molecule has 0 saturated heterocycles. The van der Waals surface area contributed by atoms with Crippen molar-refractivity contribution in [3.63, 3.8) is 0 Å². The maximum absolute atomic E-state index is 12.1. The van der Waals surface area contributed by atoms with E-state index < -0.39 is 0 Å². The zero-order chi connectivity index (χ0) is 12.3. The highest BCUT2D eigenvalue weighted by molar-refractivity contribution is 7.10. The van der Waals surface area contributed by atoms with E-state index in [1.807, 2.05) is 7.05 Å². The van der Waals surface area contributed by atoms with E-state index in [2.05, 4.69) is 29.0 Å². The summed E-state index contributed by atoms with van der Waals surface area (Å²) in [7, 11) is 1.91. The summed E-state index contributed by atoms with van der Waals surface area (Å²) in [5.41, 5.74) is 1.26. The molecule has 2 rings (SSSR count). The van der Waals surface area contributed by atoms with Gasteiger partial charge in [-0.1, -0.05) is 0 Å². The lowest BCUT2D eigenvalue weighted by atomic mass is 9.87. The molecule has 0 radical (unpaired) electrons. The molecule has 18 heavy (non-hydrogen) atoms. The molecule has 0 bridgehead atoms. The highest BCUT2D eigenvalue weighted by atomic mass is 35.5. The van der Waals surface area contributed by atoms with Crippen molar-refractivity contribution in [2.24, 2.45) is 0 Å². The molecule has 1 aliphatic carbocycles. The number of carbonyl (C=O) groups excluding carboxylic acids is 1. The Balaban J connectivity index is 0.00000162. The topological polar surface area (TPSA) is 41.1 Å². The lowest BCUT2D eigenvalue weighted by Gasteiger charge is -2.22. The minimum Gasteiger partial charge on any atom is -0.354 e. The molecule has 1 amide bonds. The fourth-order valence-corrected chi connectivity index (χ4v) is 3.23. The van der Waals surface area contributed by atoms with Gasteiger partial charge in [0, 0.05) is 17.5 Å². The molecule has 1 aromatic heterocycles. The summed E-state index contributed by atoms with van der Waals surface area (Å²) in [6, 6.07) is 2.44. The highest BCUT2D eigenvalue weighted by Crippen LogP contribution is 2.34. The Labute approximate surface area is 119 Å². The van der Waals surface area contributed by atoms with E-state index >= 15 is 0 Å². The van der Waals surface area contributed by atoms with Crippen molar-refractivity contribution in [3.8, 4) is 0 Å². The van der Waals surface area contributed by atoms with Gasteiger partial charge in [-0.2, -0.15) is 0 Å². The second kappa shape index (κ2) is 7.12. The van der Waals surface area contributed by atoms with Crippen LogP contribution in [0.5, 0.6) is 0 Å². The fourth-order valence-electron chi connectivity index (χ4n) is 2.24. The van der Waals surface area contributed by atoms with Crippen LogP contribution in [0, 0.1) is 0 Å². The number of rotatable bonds is 4. The van der Waals surface area contributed by atoms with E-state index in [0.717, 1.165) is 19.3 Å². The first-order chi connectivity index (χ1) is 8.22. The molecule has 0 aliphatic heterocycles. The van der Waals surface area contributed by atoms with Gasteiger partial charge < -0.3 is 10.6 Å². The second-order valence-corrected chi connectivity index (χ2v) is 5.68. The summed E-state index contributed by atoms with van der Waals surface area (Å²) < 4.78 is 0. The largest absolute Gasteiger partial charge is 0.354 e. The summed E-state index contributed by atoms with van der Waals surface area (Å²) in [6.07, 6.45) is 3.26. The first kappa shape index (κ1) is 15.5. The summed E-state index contributed by atoms with van der Waals surface area (Å²) in [5.74, 6) is 0.264. The fraction of sp³-hybridized carbons (Fsp3) is 0.615. The van der Waals surface area contributed by atoms with Crippen LogP contribution in [0.3, 0.4) is 0 Å². The Morgan fingerprint density at radius 3 is 3.11 bits per heavy atom. The molecule has 0 spiro atoms. The third-order valence-electron chi connectivity index (χ3n) is 3.44. The molecule has 3 nitrogen and oxygen atoms in total. The van der Waals surface area contributed by atoms with Crippen LogP contribution >= 0.6 is 23.7 Å². The Morgan fingerprint density at radius 2 is 2.39 bits per heavy atom. The van der Waals surface area contributed by atoms with Gasteiger partial charge in [0.25, 0.3) is 0 Å². The van der Waals surface area contributed by atoms with Gasteiger partial charge in [-0.15, -0.1) is 23.7 Å². The Kier molecular flexibility index (Phi) is 6.12.